The fraction of sp³-hybridized carbons (Fsp3) is 0.345. The number of rotatable bonds is 7. The number of hydrogen-bond acceptors (Lipinski definition) is 13. The molecule has 12 rings (SSSR count). The van der Waals surface area contributed by atoms with Gasteiger partial charge in [0.2, 0.25) is 0 Å². The molecule has 8 aromatic heterocycles. The molecule has 2 fully saturated rings. The molecule has 0 unspecified atom stereocenters. The number of thioether (sulfide) groups is 1. The Bertz CT molecular complexity index is 3760. The van der Waals surface area contributed by atoms with Crippen LogP contribution in [0.5, 0.6) is 0 Å². The summed E-state index contributed by atoms with van der Waals surface area (Å²) in [4.78, 5) is 80.7. The van der Waals surface area contributed by atoms with Crippen LogP contribution in [0.4, 0.5) is 11.4 Å². The number of hydrogen-bond donors (Lipinski definition) is 0. The van der Waals surface area contributed by atoms with Gasteiger partial charge in [-0.05, 0) is 87.4 Å². The monoisotopic (exact) mass is 1050 g/mol. The van der Waals surface area contributed by atoms with Crippen LogP contribution in [0.15, 0.2) is 147 Å². The van der Waals surface area contributed by atoms with Gasteiger partial charge in [0.05, 0.1) is 46.2 Å². The average molecular weight is 1060 g/mol. The first-order valence-electron chi connectivity index (χ1n) is 26.1. The minimum absolute atomic E-state index is 0.0529. The van der Waals surface area contributed by atoms with Crippen molar-refractivity contribution in [3.05, 3.63) is 170 Å². The number of pyridine rings is 2. The Morgan fingerprint density at radius 1 is 0.494 bits per heavy atom. The molecule has 0 N–H and O–H groups in total. The second-order valence-electron chi connectivity index (χ2n) is 20.0. The highest BCUT2D eigenvalue weighted by Crippen LogP contribution is 2.34. The average Bonchev–Trinajstić information content (AvgIpc) is 3.93. The van der Waals surface area contributed by atoms with E-state index in [1.54, 1.807) is 36.8 Å². The van der Waals surface area contributed by atoms with E-state index >= 15 is 0 Å². The van der Waals surface area contributed by atoms with E-state index in [9.17, 15) is 19.2 Å². The zero-order valence-corrected chi connectivity index (χ0v) is 45.9. The van der Waals surface area contributed by atoms with Crippen molar-refractivity contribution in [3.63, 3.8) is 0 Å². The lowest BCUT2D eigenvalue weighted by molar-refractivity contribution is 0.344. The van der Waals surface area contributed by atoms with Crippen LogP contribution in [0.25, 0.3) is 55.5 Å². The predicted octanol–water partition coefficient (Wildman–Crippen LogP) is 9.20. The third-order valence-corrected chi connectivity index (χ3v) is 15.3. The van der Waals surface area contributed by atoms with Gasteiger partial charge in [-0.2, -0.15) is 0 Å². The Balaban J connectivity index is 0.000000129. The normalized spacial score (nSPS) is 13.9. The van der Waals surface area contributed by atoms with Gasteiger partial charge in [-0.3, -0.25) is 37.4 Å². The van der Waals surface area contributed by atoms with Crippen LogP contribution in [0.3, 0.4) is 0 Å². The van der Waals surface area contributed by atoms with E-state index in [-0.39, 0.29) is 34.3 Å². The minimum atomic E-state index is -0.0677. The van der Waals surface area contributed by atoms with Crippen LogP contribution in [0.2, 0.25) is 0 Å². The molecule has 2 aliphatic rings. The molecule has 398 valence electrons. The second-order valence-corrected chi connectivity index (χ2v) is 20.8. The summed E-state index contributed by atoms with van der Waals surface area (Å²) in [6.45, 7) is 2.01. The van der Waals surface area contributed by atoms with Gasteiger partial charge >= 0.3 is 0 Å². The van der Waals surface area contributed by atoms with E-state index in [1.807, 2.05) is 144 Å². The van der Waals surface area contributed by atoms with Gasteiger partial charge in [-0.25, -0.2) is 29.9 Å². The van der Waals surface area contributed by atoms with E-state index < -0.39 is 0 Å². The van der Waals surface area contributed by atoms with Crippen LogP contribution < -0.4 is 32.0 Å². The molecule has 0 amide bonds. The fourth-order valence-electron chi connectivity index (χ4n) is 10.5. The number of anilines is 2. The quantitative estimate of drug-likeness (QED) is 0.138. The molecule has 0 aliphatic heterocycles. The summed E-state index contributed by atoms with van der Waals surface area (Å²) in [6.07, 6.45) is 26.7. The van der Waals surface area contributed by atoms with Crippen LogP contribution in [-0.2, 0) is 14.1 Å². The van der Waals surface area contributed by atoms with E-state index in [4.69, 9.17) is 0 Å². The van der Waals surface area contributed by atoms with Crippen molar-refractivity contribution in [2.45, 2.75) is 88.1 Å². The highest BCUT2D eigenvalue weighted by Gasteiger charge is 2.24. The summed E-state index contributed by atoms with van der Waals surface area (Å²) in [6, 6.07) is 22.9. The van der Waals surface area contributed by atoms with Gasteiger partial charge in [0.1, 0.15) is 46.0 Å². The van der Waals surface area contributed by atoms with Gasteiger partial charge in [0.25, 0.3) is 22.2 Å². The van der Waals surface area contributed by atoms with Crippen LogP contribution in [-0.4, -0.2) is 91.8 Å². The molecule has 2 saturated carbocycles. The molecule has 0 bridgehead atoms. The van der Waals surface area contributed by atoms with Crippen molar-refractivity contribution in [1.82, 2.24) is 57.3 Å². The topological polar surface area (TPSA) is 182 Å². The van der Waals surface area contributed by atoms with Gasteiger partial charge in [-0.1, -0.05) is 56.2 Å². The number of nitrogens with zero attached hydrogens (tertiary/aromatic N) is 14. The van der Waals surface area contributed by atoms with Crippen LogP contribution in [0, 0.1) is 6.92 Å². The molecule has 10 aromatic rings. The maximum absolute atomic E-state index is 13.2. The summed E-state index contributed by atoms with van der Waals surface area (Å²) in [5.41, 5.74) is 9.32. The third-order valence-electron chi connectivity index (χ3n) is 14.6. The Morgan fingerprint density at radius 2 is 0.896 bits per heavy atom. The van der Waals surface area contributed by atoms with Crippen LogP contribution in [0.1, 0.15) is 81.9 Å². The van der Waals surface area contributed by atoms with Crippen molar-refractivity contribution in [2.24, 2.45) is 14.1 Å². The molecule has 77 heavy (non-hydrogen) atoms. The lowest BCUT2D eigenvalue weighted by Gasteiger charge is -2.23. The molecule has 2 aromatic carbocycles. The number of fused-ring (bicyclic) bond motifs is 6. The smallest absolute Gasteiger partial charge is 0.278 e. The highest BCUT2D eigenvalue weighted by molar-refractivity contribution is 7.98. The summed E-state index contributed by atoms with van der Waals surface area (Å²) in [7, 11) is 11.8. The molecule has 0 saturated heterocycles. The molecule has 18 nitrogen and oxygen atoms in total. The Kier molecular flexibility index (Phi) is 16.6. The highest BCUT2D eigenvalue weighted by atomic mass is 32.2. The van der Waals surface area contributed by atoms with Crippen molar-refractivity contribution in [3.8, 4) is 11.4 Å². The molecule has 19 heteroatoms. The van der Waals surface area contributed by atoms with Crippen molar-refractivity contribution >= 4 is 67.3 Å². The summed E-state index contributed by atoms with van der Waals surface area (Å²) in [5, 5.41) is 1.90. The van der Waals surface area contributed by atoms with Crippen molar-refractivity contribution in [2.75, 3.05) is 44.2 Å². The summed E-state index contributed by atoms with van der Waals surface area (Å²) < 4.78 is 10.5. The largest absolute Gasteiger partial charge is 0.377 e. The Morgan fingerprint density at radius 3 is 1.27 bits per heavy atom. The second kappa shape index (κ2) is 23.8. The first-order chi connectivity index (χ1) is 37.3. The third kappa shape index (κ3) is 11.2. The molecule has 0 atom stereocenters. The zero-order chi connectivity index (χ0) is 54.3. The summed E-state index contributed by atoms with van der Waals surface area (Å²) >= 11 is 1.67. The lowest BCUT2D eigenvalue weighted by atomic mass is 9.95. The van der Waals surface area contributed by atoms with Gasteiger partial charge < -0.3 is 18.9 Å². The fourth-order valence-corrected chi connectivity index (χ4v) is 10.9. The molecular formula is C58H66N14O4S. The van der Waals surface area contributed by atoms with E-state index in [1.165, 1.54) is 95.3 Å². The van der Waals surface area contributed by atoms with E-state index in [0.717, 1.165) is 81.5 Å². The van der Waals surface area contributed by atoms with Gasteiger partial charge in [-0.15, -0.1) is 11.8 Å². The number of benzene rings is 2. The maximum atomic E-state index is 13.2. The summed E-state index contributed by atoms with van der Waals surface area (Å²) in [5.74, 6) is 0. The first kappa shape index (κ1) is 53.6. The minimum Gasteiger partial charge on any atom is -0.377 e. The zero-order valence-electron chi connectivity index (χ0n) is 45.1. The molecule has 0 radical (unpaired) electrons. The lowest BCUT2D eigenvalue weighted by Crippen LogP contribution is -2.27. The van der Waals surface area contributed by atoms with E-state index in [2.05, 4.69) is 29.9 Å². The molecule has 2 aliphatic carbocycles. The standard InChI is InChI=1S/2C18H23N5O.C11H10N2OS.C11H10N2O/c2*1-21(2)13-9-10-19-17-14(13)15-16(22(17)3)18(24)23(11-20-15)12-7-5-4-6-8-12;1-15-10-4-2-9(3-5-10)13-8-12-7-6-11(13)14;1-9-2-4-10(5-3-9)13-8-12-7-6-11(13)14/h2*9-12H,4-8H2,1-3H3;2-8H,1H3;2-8H,1H3. The van der Waals surface area contributed by atoms with E-state index in [0.29, 0.717) is 11.0 Å². The Labute approximate surface area is 450 Å². The van der Waals surface area contributed by atoms with Crippen LogP contribution >= 0.6 is 11.8 Å². The molecular weight excluding hydrogens is 989 g/mol. The first-order valence-corrected chi connectivity index (χ1v) is 27.3. The van der Waals surface area contributed by atoms with Crippen molar-refractivity contribution in [1.29, 1.82) is 0 Å². The number of aryl methyl sites for hydroxylation is 3. The SMILES string of the molecule is CN(C)c1ccnc2c1c1ncn(C3CCCCC3)c(=O)c1n2C.CN(C)c1ccnc2c1c1ncn(C3CCCCC3)c(=O)c1n2C.CSc1ccc(-n2cnccc2=O)cc1.Cc1ccc(-n2cnccc2=O)cc1. The Hall–Kier alpha value is -8.19. The maximum Gasteiger partial charge on any atom is 0.278 e. The molecule has 8 heterocycles. The number of aromatic nitrogens is 12. The molecule has 0 spiro atoms. The van der Waals surface area contributed by atoms with Gasteiger partial charge in [0, 0.05) is 96.2 Å². The van der Waals surface area contributed by atoms with Gasteiger partial charge in [0.15, 0.2) is 0 Å². The predicted molar refractivity (Wildman–Crippen MR) is 310 cm³/mol. The van der Waals surface area contributed by atoms with Crippen molar-refractivity contribution < 1.29 is 0 Å².